The molecule has 9 nitrogen and oxygen atoms in total. The molecule has 1 atom stereocenters. The number of benzene rings is 1. The summed E-state index contributed by atoms with van der Waals surface area (Å²) in [6.45, 7) is 8.32. The SMILES string of the molecule is CC1CCC(Cn2c(N3CCN(C)CC3C)nc3nc(C4=NOC(=O)C4)nc(-c4cccc(Cl)c4)c32)CC1. The van der Waals surface area contributed by atoms with Gasteiger partial charge in [-0.2, -0.15) is 4.98 Å². The van der Waals surface area contributed by atoms with E-state index in [9.17, 15) is 4.79 Å². The minimum absolute atomic E-state index is 0.0454. The fourth-order valence-electron chi connectivity index (χ4n) is 6.02. The fourth-order valence-corrected chi connectivity index (χ4v) is 6.21. The summed E-state index contributed by atoms with van der Waals surface area (Å²) in [5.41, 5.74) is 3.57. The molecule has 1 unspecified atom stereocenters. The zero-order chi connectivity index (χ0) is 26.4. The predicted molar refractivity (Wildman–Crippen MR) is 148 cm³/mol. The Labute approximate surface area is 227 Å². The van der Waals surface area contributed by atoms with Crippen LogP contribution in [0, 0.1) is 11.8 Å². The molecule has 200 valence electrons. The predicted octanol–water partition coefficient (Wildman–Crippen LogP) is 4.76. The van der Waals surface area contributed by atoms with E-state index in [1.165, 1.54) is 25.7 Å². The molecule has 1 saturated carbocycles. The summed E-state index contributed by atoms with van der Waals surface area (Å²) < 4.78 is 2.36. The van der Waals surface area contributed by atoms with E-state index >= 15 is 0 Å². The first-order chi connectivity index (χ1) is 18.4. The summed E-state index contributed by atoms with van der Waals surface area (Å²) in [7, 11) is 2.17. The first kappa shape index (κ1) is 25.2. The number of oxime groups is 1. The summed E-state index contributed by atoms with van der Waals surface area (Å²) in [6.07, 6.45) is 4.98. The molecule has 0 N–H and O–H groups in total. The van der Waals surface area contributed by atoms with Gasteiger partial charge in [0.2, 0.25) is 5.95 Å². The molecule has 4 heterocycles. The summed E-state index contributed by atoms with van der Waals surface area (Å²) >= 11 is 6.43. The third-order valence-electron chi connectivity index (χ3n) is 8.17. The molecule has 38 heavy (non-hydrogen) atoms. The number of nitrogens with zero attached hydrogens (tertiary/aromatic N) is 7. The van der Waals surface area contributed by atoms with E-state index in [1.807, 2.05) is 24.3 Å². The van der Waals surface area contributed by atoms with Crippen molar-refractivity contribution in [3.8, 4) is 11.3 Å². The molecular formula is C28H34ClN7O2. The van der Waals surface area contributed by atoms with Crippen LogP contribution in [-0.2, 0) is 16.2 Å². The van der Waals surface area contributed by atoms with Crippen LogP contribution in [0.2, 0.25) is 5.02 Å². The van der Waals surface area contributed by atoms with Gasteiger partial charge in [0.1, 0.15) is 16.9 Å². The summed E-state index contributed by atoms with van der Waals surface area (Å²) in [5, 5.41) is 4.58. The Kier molecular flexibility index (Phi) is 6.82. The molecule has 0 spiro atoms. The quantitative estimate of drug-likeness (QED) is 0.435. The molecule has 2 fully saturated rings. The molecule has 0 bridgehead atoms. The van der Waals surface area contributed by atoms with E-state index in [4.69, 9.17) is 31.4 Å². The van der Waals surface area contributed by atoms with Gasteiger partial charge in [0.05, 0.1) is 6.42 Å². The van der Waals surface area contributed by atoms with Crippen LogP contribution in [0.15, 0.2) is 29.4 Å². The number of carbonyl (C=O) groups excluding carboxylic acids is 1. The lowest BCUT2D eigenvalue weighted by Gasteiger charge is -2.39. The number of hydrogen-bond acceptors (Lipinski definition) is 8. The number of fused-ring (bicyclic) bond motifs is 1. The minimum atomic E-state index is -0.406. The van der Waals surface area contributed by atoms with Crippen LogP contribution in [0.1, 0.15) is 51.8 Å². The first-order valence-corrected chi connectivity index (χ1v) is 14.0. The number of carbonyl (C=O) groups is 1. The maximum Gasteiger partial charge on any atom is 0.341 e. The maximum absolute atomic E-state index is 11.8. The highest BCUT2D eigenvalue weighted by Gasteiger charge is 2.31. The van der Waals surface area contributed by atoms with E-state index in [0.717, 1.165) is 54.8 Å². The molecule has 10 heteroatoms. The summed E-state index contributed by atoms with van der Waals surface area (Å²) in [6, 6.07) is 8.02. The lowest BCUT2D eigenvalue weighted by atomic mass is 9.83. The van der Waals surface area contributed by atoms with Gasteiger partial charge in [-0.05, 0) is 50.8 Å². The number of aromatic nitrogens is 4. The van der Waals surface area contributed by atoms with Crippen LogP contribution in [0.5, 0.6) is 0 Å². The largest absolute Gasteiger partial charge is 0.341 e. The molecule has 1 saturated heterocycles. The second-order valence-corrected chi connectivity index (χ2v) is 11.6. The number of likely N-dealkylation sites (N-methyl/N-ethyl adjacent to an activating group) is 1. The Bertz CT molecular complexity index is 1400. The zero-order valence-electron chi connectivity index (χ0n) is 22.2. The van der Waals surface area contributed by atoms with Crippen molar-refractivity contribution < 1.29 is 9.63 Å². The van der Waals surface area contributed by atoms with E-state index in [2.05, 4.69) is 40.4 Å². The average molecular weight is 536 g/mol. The van der Waals surface area contributed by atoms with Crippen molar-refractivity contribution in [2.45, 2.75) is 58.5 Å². The number of hydrogen-bond donors (Lipinski definition) is 0. The van der Waals surface area contributed by atoms with Crippen molar-refractivity contribution in [1.82, 2.24) is 24.4 Å². The van der Waals surface area contributed by atoms with Crippen LogP contribution in [-0.4, -0.2) is 68.8 Å². The Morgan fingerprint density at radius 2 is 1.89 bits per heavy atom. The Morgan fingerprint density at radius 3 is 2.61 bits per heavy atom. The topological polar surface area (TPSA) is 88.7 Å². The zero-order valence-corrected chi connectivity index (χ0v) is 23.0. The highest BCUT2D eigenvalue weighted by Crippen LogP contribution is 2.36. The van der Waals surface area contributed by atoms with Crippen LogP contribution in [0.25, 0.3) is 22.4 Å². The molecule has 1 aromatic carbocycles. The Hall–Kier alpha value is -3.04. The maximum atomic E-state index is 11.8. The van der Waals surface area contributed by atoms with Crippen molar-refractivity contribution in [2.24, 2.45) is 17.0 Å². The van der Waals surface area contributed by atoms with Gasteiger partial charge in [-0.3, -0.25) is 0 Å². The minimum Gasteiger partial charge on any atom is -0.337 e. The Morgan fingerprint density at radius 1 is 1.08 bits per heavy atom. The normalized spacial score (nSPS) is 24.6. The van der Waals surface area contributed by atoms with Crippen LogP contribution in [0.4, 0.5) is 5.95 Å². The van der Waals surface area contributed by atoms with Gasteiger partial charge in [-0.25, -0.2) is 14.8 Å². The smallest absolute Gasteiger partial charge is 0.337 e. The number of rotatable bonds is 5. The molecule has 0 radical (unpaired) electrons. The van der Waals surface area contributed by atoms with Crippen LogP contribution >= 0.6 is 11.6 Å². The average Bonchev–Trinajstić information content (AvgIpc) is 3.48. The van der Waals surface area contributed by atoms with Crippen LogP contribution < -0.4 is 4.90 Å². The highest BCUT2D eigenvalue weighted by atomic mass is 35.5. The van der Waals surface area contributed by atoms with Gasteiger partial charge in [-0.15, -0.1) is 0 Å². The monoisotopic (exact) mass is 535 g/mol. The van der Waals surface area contributed by atoms with Gasteiger partial charge in [0.25, 0.3) is 0 Å². The molecule has 2 aliphatic heterocycles. The number of imidazole rings is 1. The van der Waals surface area contributed by atoms with Gasteiger partial charge in [0.15, 0.2) is 11.5 Å². The molecule has 6 rings (SSSR count). The number of piperazine rings is 1. The van der Waals surface area contributed by atoms with E-state index < -0.39 is 5.97 Å². The molecule has 2 aromatic heterocycles. The van der Waals surface area contributed by atoms with Gasteiger partial charge in [-0.1, -0.05) is 48.7 Å². The lowest BCUT2D eigenvalue weighted by Crippen LogP contribution is -2.51. The van der Waals surface area contributed by atoms with Gasteiger partial charge in [0, 0.05) is 42.8 Å². The van der Waals surface area contributed by atoms with Crippen molar-refractivity contribution in [1.29, 1.82) is 0 Å². The van der Waals surface area contributed by atoms with E-state index in [0.29, 0.717) is 34.2 Å². The summed E-state index contributed by atoms with van der Waals surface area (Å²) in [4.78, 5) is 36.4. The molecule has 0 amide bonds. The van der Waals surface area contributed by atoms with E-state index in [-0.39, 0.29) is 6.42 Å². The molecular weight excluding hydrogens is 502 g/mol. The second-order valence-electron chi connectivity index (χ2n) is 11.2. The first-order valence-electron chi connectivity index (χ1n) is 13.6. The highest BCUT2D eigenvalue weighted by molar-refractivity contribution is 6.30. The lowest BCUT2D eigenvalue weighted by molar-refractivity contribution is -0.140. The van der Waals surface area contributed by atoms with Gasteiger partial charge >= 0.3 is 5.97 Å². The number of anilines is 1. The third kappa shape index (κ3) is 4.89. The molecule has 1 aliphatic carbocycles. The molecule has 3 aromatic rings. The standard InChI is InChI=1S/C28H34ClN7O2/c1-17-7-9-19(10-8-17)16-36-25-24(20-5-4-6-21(29)13-20)30-26(22-14-23(37)38-33-22)31-27(25)32-28(36)35-12-11-34(3)15-18(35)2/h4-6,13,17-19H,7-12,14-16H2,1-3H3. The fraction of sp³-hybridized carbons (Fsp3) is 0.536. The summed E-state index contributed by atoms with van der Waals surface area (Å²) in [5.74, 6) is 2.26. The van der Waals surface area contributed by atoms with Crippen molar-refractivity contribution >= 4 is 40.4 Å². The number of halogens is 1. The van der Waals surface area contributed by atoms with Crippen molar-refractivity contribution in [3.63, 3.8) is 0 Å². The van der Waals surface area contributed by atoms with Crippen LogP contribution in [0.3, 0.4) is 0 Å². The van der Waals surface area contributed by atoms with E-state index in [1.54, 1.807) is 0 Å². The Balaban J connectivity index is 1.54. The third-order valence-corrected chi connectivity index (χ3v) is 8.41. The molecule has 3 aliphatic rings. The van der Waals surface area contributed by atoms with Crippen molar-refractivity contribution in [3.05, 3.63) is 35.1 Å². The second kappa shape index (κ2) is 10.3. The van der Waals surface area contributed by atoms with Crippen molar-refractivity contribution in [2.75, 3.05) is 31.6 Å². The van der Waals surface area contributed by atoms with Gasteiger partial charge < -0.3 is 19.2 Å².